The number of hydrogen-bond donors (Lipinski definition) is 1. The molecule has 3 amide bonds. The van der Waals surface area contributed by atoms with Gasteiger partial charge in [0.25, 0.3) is 0 Å². The van der Waals surface area contributed by atoms with Gasteiger partial charge >= 0.3 is 11.8 Å². The average molecular weight is 528 g/mol. The van der Waals surface area contributed by atoms with Gasteiger partial charge in [0.1, 0.15) is 11.6 Å². The van der Waals surface area contributed by atoms with Crippen LogP contribution in [0.5, 0.6) is 0 Å². The maximum Gasteiger partial charge on any atom is 0.410 e. The molecule has 3 aliphatic rings. The largest absolute Gasteiger partial charge is 0.444 e. The topological polar surface area (TPSA) is 115 Å². The normalized spacial score (nSPS) is 22.0. The standard InChI is InChI=1S/C27H37N5O6/c1-27(2,3)38-26(36)31-15-19(16-31)37-18-9-11-30(12-10-18)14-17-5-6-20-22(13-17)29(4)25(35)32(20)21-7-8-23(33)28-24(21)34/h5-6,13,18-19,21H,7-12,14-16H2,1-4H3,(H,28,33,34). The van der Waals surface area contributed by atoms with Gasteiger partial charge in [-0.05, 0) is 57.7 Å². The van der Waals surface area contributed by atoms with Gasteiger partial charge < -0.3 is 14.4 Å². The SMILES string of the molecule is Cn1c(=O)n(C2CCC(=O)NC2=O)c2ccc(CN3CCC(OC4CN(C(=O)OC(C)(C)C)C4)CC3)cc21. The monoisotopic (exact) mass is 527 g/mol. The van der Waals surface area contributed by atoms with E-state index >= 15 is 0 Å². The first-order valence-electron chi connectivity index (χ1n) is 13.4. The zero-order chi connectivity index (χ0) is 27.2. The highest BCUT2D eigenvalue weighted by atomic mass is 16.6. The quantitative estimate of drug-likeness (QED) is 0.591. The van der Waals surface area contributed by atoms with Crippen LogP contribution in [0, 0.1) is 0 Å². The summed E-state index contributed by atoms with van der Waals surface area (Å²) in [5, 5.41) is 2.35. The van der Waals surface area contributed by atoms with Gasteiger partial charge in [0, 0.05) is 33.1 Å². The summed E-state index contributed by atoms with van der Waals surface area (Å²) in [6.45, 7) is 9.31. The molecular weight excluding hydrogens is 490 g/mol. The van der Waals surface area contributed by atoms with Crippen LogP contribution in [0.2, 0.25) is 0 Å². The van der Waals surface area contributed by atoms with E-state index in [9.17, 15) is 19.2 Å². The maximum atomic E-state index is 13.0. The summed E-state index contributed by atoms with van der Waals surface area (Å²) in [5.74, 6) is -0.726. The van der Waals surface area contributed by atoms with Crippen LogP contribution in [0.1, 0.15) is 58.1 Å². The number of nitrogens with zero attached hydrogens (tertiary/aromatic N) is 4. The second-order valence-electron chi connectivity index (χ2n) is 11.6. The third-order valence-corrected chi connectivity index (χ3v) is 7.50. The Morgan fingerprint density at radius 3 is 2.39 bits per heavy atom. The Bertz CT molecular complexity index is 1290. The second kappa shape index (κ2) is 10.2. The summed E-state index contributed by atoms with van der Waals surface area (Å²) in [7, 11) is 1.71. The number of likely N-dealkylation sites (tertiary alicyclic amines) is 2. The van der Waals surface area contributed by atoms with E-state index in [0.29, 0.717) is 25.0 Å². The molecule has 11 heteroatoms. The number of carbonyl (C=O) groups is 3. The van der Waals surface area contributed by atoms with Crippen LogP contribution >= 0.6 is 0 Å². The van der Waals surface area contributed by atoms with Gasteiger partial charge in [-0.15, -0.1) is 0 Å². The van der Waals surface area contributed by atoms with E-state index in [2.05, 4.69) is 10.2 Å². The number of benzene rings is 1. The highest BCUT2D eigenvalue weighted by Gasteiger charge is 2.36. The average Bonchev–Trinajstić information content (AvgIpc) is 3.06. The second-order valence-corrected chi connectivity index (χ2v) is 11.6. The van der Waals surface area contributed by atoms with Crippen molar-refractivity contribution in [3.63, 3.8) is 0 Å². The van der Waals surface area contributed by atoms with Crippen molar-refractivity contribution < 1.29 is 23.9 Å². The lowest BCUT2D eigenvalue weighted by molar-refractivity contribution is -0.135. The fraction of sp³-hybridized carbons (Fsp3) is 0.630. The minimum atomic E-state index is -0.680. The third-order valence-electron chi connectivity index (χ3n) is 7.50. The van der Waals surface area contributed by atoms with Crippen LogP contribution in [0.3, 0.4) is 0 Å². The van der Waals surface area contributed by atoms with E-state index in [1.807, 2.05) is 39.0 Å². The molecule has 38 heavy (non-hydrogen) atoms. The number of nitrogens with one attached hydrogen (secondary N) is 1. The molecule has 3 fully saturated rings. The number of amides is 3. The molecule has 4 heterocycles. The Hall–Kier alpha value is -3.18. The third kappa shape index (κ3) is 5.49. The maximum absolute atomic E-state index is 13.0. The lowest BCUT2D eigenvalue weighted by Crippen LogP contribution is -2.57. The molecule has 3 aliphatic heterocycles. The summed E-state index contributed by atoms with van der Waals surface area (Å²) in [6.07, 6.45) is 2.36. The van der Waals surface area contributed by atoms with Crippen molar-refractivity contribution in [1.82, 2.24) is 24.3 Å². The molecule has 0 aliphatic carbocycles. The summed E-state index contributed by atoms with van der Waals surface area (Å²) >= 11 is 0. The molecule has 0 spiro atoms. The van der Waals surface area contributed by atoms with Crippen molar-refractivity contribution in [2.24, 2.45) is 7.05 Å². The molecule has 1 aromatic heterocycles. The minimum absolute atomic E-state index is 0.0659. The number of aromatic nitrogens is 2. The number of rotatable bonds is 5. The molecule has 0 radical (unpaired) electrons. The van der Waals surface area contributed by atoms with E-state index in [-0.39, 0.29) is 36.3 Å². The summed E-state index contributed by atoms with van der Waals surface area (Å²) in [5.41, 5.74) is 1.82. The molecular formula is C27H37N5O6. The van der Waals surface area contributed by atoms with Gasteiger partial charge in [0.15, 0.2) is 0 Å². The number of hydrogen-bond acceptors (Lipinski definition) is 7. The first-order valence-corrected chi connectivity index (χ1v) is 13.4. The van der Waals surface area contributed by atoms with Crippen LogP contribution in [0.25, 0.3) is 11.0 Å². The number of ether oxygens (including phenoxy) is 2. The number of imide groups is 1. The van der Waals surface area contributed by atoms with Crippen molar-refractivity contribution in [1.29, 1.82) is 0 Å². The number of fused-ring (bicyclic) bond motifs is 1. The highest BCUT2D eigenvalue weighted by molar-refractivity contribution is 6.00. The lowest BCUT2D eigenvalue weighted by atomic mass is 10.0. The van der Waals surface area contributed by atoms with Crippen LogP contribution < -0.4 is 11.0 Å². The van der Waals surface area contributed by atoms with E-state index in [1.165, 1.54) is 4.57 Å². The molecule has 1 N–H and O–H groups in total. The molecule has 206 valence electrons. The zero-order valence-electron chi connectivity index (χ0n) is 22.6. The summed E-state index contributed by atoms with van der Waals surface area (Å²) in [4.78, 5) is 53.1. The molecule has 1 atom stereocenters. The Balaban J connectivity index is 1.14. The lowest BCUT2D eigenvalue weighted by Gasteiger charge is -2.42. The van der Waals surface area contributed by atoms with Gasteiger partial charge in [-0.2, -0.15) is 0 Å². The molecule has 0 bridgehead atoms. The van der Waals surface area contributed by atoms with Gasteiger partial charge in [0.05, 0.1) is 36.3 Å². The van der Waals surface area contributed by atoms with Gasteiger partial charge in [-0.25, -0.2) is 9.59 Å². The molecule has 1 aromatic carbocycles. The van der Waals surface area contributed by atoms with Crippen LogP contribution in [-0.2, 0) is 32.7 Å². The number of imidazole rings is 1. The summed E-state index contributed by atoms with van der Waals surface area (Å²) < 4.78 is 14.7. The minimum Gasteiger partial charge on any atom is -0.444 e. The molecule has 2 aromatic rings. The van der Waals surface area contributed by atoms with Crippen LogP contribution in [0.15, 0.2) is 23.0 Å². The van der Waals surface area contributed by atoms with Gasteiger partial charge in [-0.3, -0.25) is 28.9 Å². The highest BCUT2D eigenvalue weighted by Crippen LogP contribution is 2.26. The smallest absolute Gasteiger partial charge is 0.410 e. The van der Waals surface area contributed by atoms with Crippen molar-refractivity contribution in [2.75, 3.05) is 26.2 Å². The predicted octanol–water partition coefficient (Wildman–Crippen LogP) is 1.92. The van der Waals surface area contributed by atoms with Crippen molar-refractivity contribution in [3.8, 4) is 0 Å². The Morgan fingerprint density at radius 1 is 1.03 bits per heavy atom. The van der Waals surface area contributed by atoms with E-state index < -0.39 is 17.6 Å². The van der Waals surface area contributed by atoms with Crippen LogP contribution in [0.4, 0.5) is 4.79 Å². The first kappa shape index (κ1) is 26.4. The Kier molecular flexibility index (Phi) is 7.08. The van der Waals surface area contributed by atoms with Crippen LogP contribution in [-0.4, -0.2) is 80.8 Å². The number of piperidine rings is 2. The fourth-order valence-electron chi connectivity index (χ4n) is 5.47. The fourth-order valence-corrected chi connectivity index (χ4v) is 5.47. The molecule has 3 saturated heterocycles. The molecule has 1 unspecified atom stereocenters. The number of aryl methyl sites for hydroxylation is 1. The van der Waals surface area contributed by atoms with E-state index in [0.717, 1.165) is 43.6 Å². The van der Waals surface area contributed by atoms with Gasteiger partial charge in [-0.1, -0.05) is 6.07 Å². The van der Waals surface area contributed by atoms with Crippen molar-refractivity contribution >= 4 is 28.9 Å². The van der Waals surface area contributed by atoms with Crippen molar-refractivity contribution in [2.45, 2.75) is 76.9 Å². The Morgan fingerprint density at radius 2 is 1.74 bits per heavy atom. The Labute approximate surface area is 221 Å². The molecule has 5 rings (SSSR count). The number of carbonyl (C=O) groups excluding carboxylic acids is 3. The summed E-state index contributed by atoms with van der Waals surface area (Å²) in [6, 6.07) is 5.24. The van der Waals surface area contributed by atoms with Crippen molar-refractivity contribution in [3.05, 3.63) is 34.2 Å². The van der Waals surface area contributed by atoms with Gasteiger partial charge in [0.2, 0.25) is 11.8 Å². The van der Waals surface area contributed by atoms with E-state index in [4.69, 9.17) is 9.47 Å². The van der Waals surface area contributed by atoms with E-state index in [1.54, 1.807) is 16.5 Å². The first-order chi connectivity index (χ1) is 18.0. The molecule has 0 saturated carbocycles. The molecule has 11 nitrogen and oxygen atoms in total. The zero-order valence-corrected chi connectivity index (χ0v) is 22.6. The predicted molar refractivity (Wildman–Crippen MR) is 140 cm³/mol.